The number of hydrogen-bond donors (Lipinski definition) is 2. The molecule has 0 spiro atoms. The summed E-state index contributed by atoms with van der Waals surface area (Å²) in [6.45, 7) is 1.81. The number of nitrogens with zero attached hydrogens (tertiary/aromatic N) is 4. The van der Waals surface area contributed by atoms with Gasteiger partial charge in [-0.2, -0.15) is 0 Å². The van der Waals surface area contributed by atoms with Crippen LogP contribution in [0.25, 0.3) is 10.9 Å². The van der Waals surface area contributed by atoms with Crippen LogP contribution in [0.2, 0.25) is 0 Å². The van der Waals surface area contributed by atoms with Gasteiger partial charge in [-0.15, -0.1) is 0 Å². The highest BCUT2D eigenvalue weighted by Gasteiger charge is 2.33. The van der Waals surface area contributed by atoms with Gasteiger partial charge in [0, 0.05) is 57.4 Å². The molecule has 2 N–H and O–H groups in total. The Kier molecular flexibility index (Phi) is 6.37. The molecule has 0 radical (unpaired) electrons. The number of fused-ring (bicyclic) bond motifs is 1. The minimum absolute atomic E-state index is 0.0167. The maximum Gasteiger partial charge on any atom is 0.325 e. The zero-order chi connectivity index (χ0) is 22.0. The number of amides is 1. The largest absolute Gasteiger partial charge is 0.480 e. The Labute approximate surface area is 172 Å². The minimum atomic E-state index is -1.10. The average molecular weight is 420 g/mol. The van der Waals surface area contributed by atoms with E-state index in [1.165, 1.54) is 33.9 Å². The van der Waals surface area contributed by atoms with E-state index in [0.717, 1.165) is 0 Å². The van der Waals surface area contributed by atoms with Gasteiger partial charge < -0.3 is 19.7 Å². The van der Waals surface area contributed by atoms with Crippen molar-refractivity contribution >= 4 is 28.7 Å². The lowest BCUT2D eigenvalue weighted by atomic mass is 10.0. The lowest BCUT2D eigenvalue weighted by Crippen LogP contribution is -2.51. The zero-order valence-corrected chi connectivity index (χ0v) is 16.9. The lowest BCUT2D eigenvalue weighted by molar-refractivity contribution is -0.145. The number of carbonyl (C=O) groups excluding carboxylic acids is 1. The number of carboxylic acids is 2. The quantitative estimate of drug-likeness (QED) is 0.679. The molecule has 1 saturated heterocycles. The van der Waals surface area contributed by atoms with Crippen molar-refractivity contribution in [2.75, 3.05) is 46.8 Å². The molecule has 1 fully saturated rings. The van der Waals surface area contributed by atoms with Gasteiger partial charge in [0.15, 0.2) is 0 Å². The number of piperazine rings is 1. The number of carbonyl (C=O) groups is 3. The smallest absolute Gasteiger partial charge is 0.325 e. The number of likely N-dealkylation sites (N-methyl/N-ethyl adjacent to an activating group) is 1. The van der Waals surface area contributed by atoms with E-state index >= 15 is 0 Å². The highest BCUT2D eigenvalue weighted by molar-refractivity contribution is 5.90. The van der Waals surface area contributed by atoms with Crippen molar-refractivity contribution < 1.29 is 29.0 Å². The number of halogens is 1. The number of aromatic nitrogens is 1. The van der Waals surface area contributed by atoms with Gasteiger partial charge in [0.1, 0.15) is 18.4 Å². The topological polar surface area (TPSA) is 106 Å². The summed E-state index contributed by atoms with van der Waals surface area (Å²) in [7, 11) is 3.38. The molecule has 2 aromatic rings. The molecule has 1 aliphatic heterocycles. The van der Waals surface area contributed by atoms with Crippen LogP contribution in [0.15, 0.2) is 24.4 Å². The first-order chi connectivity index (χ1) is 14.2. The van der Waals surface area contributed by atoms with Crippen LogP contribution in [-0.4, -0.2) is 94.1 Å². The van der Waals surface area contributed by atoms with Crippen LogP contribution in [0.5, 0.6) is 0 Å². The van der Waals surface area contributed by atoms with Crippen LogP contribution in [-0.2, 0) is 20.9 Å². The molecule has 162 valence electrons. The fourth-order valence-corrected chi connectivity index (χ4v) is 3.79. The SMILES string of the molecule is CN(C)C(=O)CN1CCN(C(C(=O)O)c2cn(CC(=O)O)c3cc(F)ccc23)CC1. The van der Waals surface area contributed by atoms with Gasteiger partial charge in [0.25, 0.3) is 0 Å². The average Bonchev–Trinajstić information content (AvgIpc) is 2.99. The Bertz CT molecular complexity index is 966. The monoisotopic (exact) mass is 420 g/mol. The normalized spacial score (nSPS) is 16.5. The molecule has 1 amide bonds. The molecule has 10 heteroatoms. The molecule has 2 heterocycles. The van der Waals surface area contributed by atoms with Gasteiger partial charge in [-0.3, -0.25) is 24.2 Å². The molecule has 1 aromatic heterocycles. The summed E-state index contributed by atoms with van der Waals surface area (Å²) >= 11 is 0. The second-order valence-corrected chi connectivity index (χ2v) is 7.61. The van der Waals surface area contributed by atoms with Crippen molar-refractivity contribution in [1.82, 2.24) is 19.3 Å². The molecule has 3 rings (SSSR count). The second kappa shape index (κ2) is 8.80. The highest BCUT2D eigenvalue weighted by Crippen LogP contribution is 2.32. The molecule has 1 unspecified atom stereocenters. The summed E-state index contributed by atoms with van der Waals surface area (Å²) in [6.07, 6.45) is 1.49. The van der Waals surface area contributed by atoms with Crippen LogP contribution in [0, 0.1) is 5.82 Å². The van der Waals surface area contributed by atoms with E-state index in [1.54, 1.807) is 19.0 Å². The number of rotatable bonds is 7. The molecule has 1 aromatic carbocycles. The van der Waals surface area contributed by atoms with Crippen LogP contribution < -0.4 is 0 Å². The van der Waals surface area contributed by atoms with Crippen LogP contribution in [0.3, 0.4) is 0 Å². The van der Waals surface area contributed by atoms with Gasteiger partial charge in [-0.25, -0.2) is 4.39 Å². The summed E-state index contributed by atoms with van der Waals surface area (Å²) in [5, 5.41) is 19.6. The third-order valence-electron chi connectivity index (χ3n) is 5.34. The van der Waals surface area contributed by atoms with Gasteiger partial charge in [0.2, 0.25) is 5.91 Å². The first kappa shape index (κ1) is 21.7. The Morgan fingerprint density at radius 3 is 2.33 bits per heavy atom. The third kappa shape index (κ3) is 4.60. The molecular weight excluding hydrogens is 395 g/mol. The van der Waals surface area contributed by atoms with E-state index in [2.05, 4.69) is 0 Å². The van der Waals surface area contributed by atoms with E-state index in [0.29, 0.717) is 42.6 Å². The third-order valence-corrected chi connectivity index (χ3v) is 5.34. The zero-order valence-electron chi connectivity index (χ0n) is 16.9. The number of benzene rings is 1. The fraction of sp³-hybridized carbons (Fsp3) is 0.450. The number of hydrogen-bond acceptors (Lipinski definition) is 5. The second-order valence-electron chi connectivity index (χ2n) is 7.61. The van der Waals surface area contributed by atoms with E-state index in [4.69, 9.17) is 5.11 Å². The lowest BCUT2D eigenvalue weighted by Gasteiger charge is -2.37. The summed E-state index contributed by atoms with van der Waals surface area (Å²) in [5.74, 6) is -2.71. The van der Waals surface area contributed by atoms with Gasteiger partial charge >= 0.3 is 11.9 Å². The number of aliphatic carboxylic acids is 2. The van der Waals surface area contributed by atoms with Crippen LogP contribution >= 0.6 is 0 Å². The van der Waals surface area contributed by atoms with Crippen molar-refractivity contribution in [1.29, 1.82) is 0 Å². The summed E-state index contributed by atoms with van der Waals surface area (Å²) < 4.78 is 15.1. The first-order valence-corrected chi connectivity index (χ1v) is 9.57. The molecule has 0 bridgehead atoms. The van der Waals surface area contributed by atoms with E-state index in [9.17, 15) is 23.9 Å². The van der Waals surface area contributed by atoms with E-state index in [-0.39, 0.29) is 12.5 Å². The number of carboxylic acid groups (broad SMARTS) is 2. The standard InChI is InChI=1S/C20H25FN4O5/c1-22(2)17(26)11-23-5-7-24(8-6-23)19(20(29)30)15-10-25(12-18(27)28)16-9-13(21)3-4-14(15)16/h3-4,9-10,19H,5-8,11-12H2,1-2H3,(H,27,28)(H,29,30). The molecule has 9 nitrogen and oxygen atoms in total. The predicted molar refractivity (Wildman–Crippen MR) is 107 cm³/mol. The van der Waals surface area contributed by atoms with Crippen molar-refractivity contribution in [3.8, 4) is 0 Å². The Balaban J connectivity index is 1.87. The molecule has 1 atom stereocenters. The molecule has 0 aliphatic carbocycles. The summed E-state index contributed by atoms with van der Waals surface area (Å²) in [4.78, 5) is 40.6. The van der Waals surface area contributed by atoms with E-state index in [1.807, 2.05) is 4.90 Å². The van der Waals surface area contributed by atoms with Gasteiger partial charge in [0.05, 0.1) is 12.1 Å². The summed E-state index contributed by atoms with van der Waals surface area (Å²) in [5.41, 5.74) is 0.769. The molecule has 1 aliphatic rings. The molecular formula is C20H25FN4O5. The van der Waals surface area contributed by atoms with Crippen molar-refractivity contribution in [2.45, 2.75) is 12.6 Å². The fourth-order valence-electron chi connectivity index (χ4n) is 3.79. The minimum Gasteiger partial charge on any atom is -0.480 e. The van der Waals surface area contributed by atoms with Crippen LogP contribution in [0.4, 0.5) is 4.39 Å². The molecule has 0 saturated carbocycles. The Morgan fingerprint density at radius 1 is 1.10 bits per heavy atom. The van der Waals surface area contributed by atoms with Gasteiger partial charge in [-0.05, 0) is 18.2 Å². The highest BCUT2D eigenvalue weighted by atomic mass is 19.1. The Hall–Kier alpha value is -2.98. The first-order valence-electron chi connectivity index (χ1n) is 9.57. The van der Waals surface area contributed by atoms with Crippen LogP contribution in [0.1, 0.15) is 11.6 Å². The molecule has 30 heavy (non-hydrogen) atoms. The van der Waals surface area contributed by atoms with Gasteiger partial charge in [-0.1, -0.05) is 0 Å². The van der Waals surface area contributed by atoms with Crippen molar-refractivity contribution in [3.05, 3.63) is 35.8 Å². The Morgan fingerprint density at radius 2 is 1.77 bits per heavy atom. The van der Waals surface area contributed by atoms with Crippen molar-refractivity contribution in [2.24, 2.45) is 0 Å². The summed E-state index contributed by atoms with van der Waals surface area (Å²) in [6, 6.07) is 2.94. The maximum absolute atomic E-state index is 13.8. The maximum atomic E-state index is 13.8. The van der Waals surface area contributed by atoms with E-state index < -0.39 is 30.3 Å². The van der Waals surface area contributed by atoms with Crippen molar-refractivity contribution in [3.63, 3.8) is 0 Å². The predicted octanol–water partition coefficient (Wildman–Crippen LogP) is 0.697.